The molecular weight excluding hydrogens is 415 g/mol. The number of hydrogen-bond donors (Lipinski definition) is 0. The fraction of sp³-hybridized carbons (Fsp3) is 0.381. The molecule has 5 nitrogen and oxygen atoms in total. The summed E-state index contributed by atoms with van der Waals surface area (Å²) in [5.74, 6) is -0.627. The zero-order valence-corrected chi connectivity index (χ0v) is 17.6. The molecule has 2 aliphatic heterocycles. The lowest BCUT2D eigenvalue weighted by Crippen LogP contribution is -2.39. The Kier molecular flexibility index (Phi) is 5.40. The lowest BCUT2D eigenvalue weighted by atomic mass is 9.93. The van der Waals surface area contributed by atoms with E-state index < -0.39 is 10.0 Å². The minimum atomic E-state index is -3.74. The predicted molar refractivity (Wildman–Crippen MR) is 109 cm³/mol. The highest BCUT2D eigenvalue weighted by atomic mass is 35.5. The molecule has 1 fully saturated rings. The average Bonchev–Trinajstić information content (AvgIpc) is 3.24. The van der Waals surface area contributed by atoms with Gasteiger partial charge in [-0.25, -0.2) is 12.8 Å². The first kappa shape index (κ1) is 20.3. The van der Waals surface area contributed by atoms with Gasteiger partial charge >= 0.3 is 0 Å². The molecule has 1 saturated heterocycles. The number of carbonyl (C=O) groups is 1. The Morgan fingerprint density at radius 1 is 1.10 bits per heavy atom. The molecule has 8 heteroatoms. The van der Waals surface area contributed by atoms with E-state index in [1.54, 1.807) is 17.0 Å². The molecule has 2 aromatic rings. The number of amides is 1. The van der Waals surface area contributed by atoms with E-state index in [9.17, 15) is 17.6 Å². The molecule has 154 valence electrons. The Morgan fingerprint density at radius 3 is 2.55 bits per heavy atom. The zero-order valence-electron chi connectivity index (χ0n) is 16.1. The van der Waals surface area contributed by atoms with Gasteiger partial charge in [0.15, 0.2) is 0 Å². The summed E-state index contributed by atoms with van der Waals surface area (Å²) in [6.07, 6.45) is 2.26. The third-order valence-electron chi connectivity index (χ3n) is 5.77. The van der Waals surface area contributed by atoms with Gasteiger partial charge in [0.1, 0.15) is 10.7 Å². The molecule has 0 radical (unpaired) electrons. The molecular formula is C21H22ClFN2O3S. The van der Waals surface area contributed by atoms with Crippen molar-refractivity contribution < 1.29 is 17.6 Å². The second-order valence-electron chi connectivity index (χ2n) is 7.52. The maximum atomic E-state index is 13.7. The number of rotatable bonds is 3. The summed E-state index contributed by atoms with van der Waals surface area (Å²) in [4.78, 5) is 14.8. The molecule has 1 atom stereocenters. The van der Waals surface area contributed by atoms with Crippen LogP contribution in [0.3, 0.4) is 0 Å². The van der Waals surface area contributed by atoms with Gasteiger partial charge in [-0.3, -0.25) is 4.79 Å². The minimum Gasteiger partial charge on any atom is -0.332 e. The monoisotopic (exact) mass is 436 g/mol. The molecule has 2 aromatic carbocycles. The molecule has 4 rings (SSSR count). The van der Waals surface area contributed by atoms with Gasteiger partial charge in [-0.1, -0.05) is 17.7 Å². The second kappa shape index (κ2) is 7.70. The Morgan fingerprint density at radius 2 is 1.83 bits per heavy atom. The van der Waals surface area contributed by atoms with E-state index in [2.05, 4.69) is 0 Å². The summed E-state index contributed by atoms with van der Waals surface area (Å²) in [7, 11) is -3.74. The van der Waals surface area contributed by atoms with E-state index in [0.29, 0.717) is 26.1 Å². The van der Waals surface area contributed by atoms with Gasteiger partial charge in [0, 0.05) is 25.2 Å². The van der Waals surface area contributed by atoms with Crippen LogP contribution in [0.2, 0.25) is 5.02 Å². The Bertz CT molecular complexity index is 1070. The largest absolute Gasteiger partial charge is 0.332 e. The summed E-state index contributed by atoms with van der Waals surface area (Å²) < 4.78 is 41.0. The predicted octanol–water partition coefficient (Wildman–Crippen LogP) is 4.02. The minimum absolute atomic E-state index is 0.0389. The SMILES string of the molecule is CC1c2cc(F)ccc2CCN1C(=O)c1ccc(Cl)c(S(=O)(=O)N2CCCC2)c1. The maximum absolute atomic E-state index is 13.7. The smallest absolute Gasteiger partial charge is 0.254 e. The van der Waals surface area contributed by atoms with Crippen molar-refractivity contribution in [2.45, 2.75) is 37.1 Å². The topological polar surface area (TPSA) is 57.7 Å². The summed E-state index contributed by atoms with van der Waals surface area (Å²) in [6.45, 7) is 3.26. The Hall–Kier alpha value is -1.96. The lowest BCUT2D eigenvalue weighted by Gasteiger charge is -2.35. The molecule has 1 amide bonds. The molecule has 0 spiro atoms. The van der Waals surface area contributed by atoms with Gasteiger partial charge < -0.3 is 4.90 Å². The molecule has 0 aliphatic carbocycles. The zero-order chi connectivity index (χ0) is 20.8. The van der Waals surface area contributed by atoms with Crippen LogP contribution in [0.1, 0.15) is 47.3 Å². The van der Waals surface area contributed by atoms with Crippen LogP contribution in [-0.2, 0) is 16.4 Å². The Balaban J connectivity index is 1.66. The average molecular weight is 437 g/mol. The van der Waals surface area contributed by atoms with Crippen molar-refractivity contribution in [3.63, 3.8) is 0 Å². The Labute approximate surface area is 175 Å². The van der Waals surface area contributed by atoms with Crippen molar-refractivity contribution >= 4 is 27.5 Å². The number of nitrogens with zero attached hydrogens (tertiary/aromatic N) is 2. The van der Waals surface area contributed by atoms with E-state index in [4.69, 9.17) is 11.6 Å². The first-order valence-corrected chi connectivity index (χ1v) is 11.5. The number of carbonyl (C=O) groups excluding carboxylic acids is 1. The summed E-state index contributed by atoms with van der Waals surface area (Å²) in [5, 5.41) is 0.104. The number of hydrogen-bond acceptors (Lipinski definition) is 3. The standard InChI is InChI=1S/C21H22ClFN2O3S/c1-14-18-13-17(23)6-4-15(18)8-11-25(14)21(26)16-5-7-19(22)20(12-16)29(27,28)24-9-2-3-10-24/h4-7,12-14H,2-3,8-11H2,1H3. The van der Waals surface area contributed by atoms with Gasteiger partial charge in [-0.15, -0.1) is 0 Å². The summed E-state index contributed by atoms with van der Waals surface area (Å²) in [5.41, 5.74) is 2.07. The van der Waals surface area contributed by atoms with Gasteiger partial charge in [0.05, 0.1) is 11.1 Å². The van der Waals surface area contributed by atoms with Crippen LogP contribution >= 0.6 is 11.6 Å². The molecule has 0 N–H and O–H groups in total. The van der Waals surface area contributed by atoms with Crippen LogP contribution in [0, 0.1) is 5.82 Å². The van der Waals surface area contributed by atoms with Crippen LogP contribution in [0.4, 0.5) is 4.39 Å². The van der Waals surface area contributed by atoms with Gasteiger partial charge in [0.2, 0.25) is 10.0 Å². The number of sulfonamides is 1. The van der Waals surface area contributed by atoms with E-state index >= 15 is 0 Å². The highest BCUT2D eigenvalue weighted by Gasteiger charge is 2.32. The van der Waals surface area contributed by atoms with Crippen molar-refractivity contribution in [3.8, 4) is 0 Å². The number of halogens is 2. The third-order valence-corrected chi connectivity index (χ3v) is 8.15. The number of benzene rings is 2. The quantitative estimate of drug-likeness (QED) is 0.730. The molecule has 2 aliphatic rings. The van der Waals surface area contributed by atoms with Crippen molar-refractivity contribution in [2.75, 3.05) is 19.6 Å². The van der Waals surface area contributed by atoms with Crippen molar-refractivity contribution in [2.24, 2.45) is 0 Å². The van der Waals surface area contributed by atoms with Crippen molar-refractivity contribution in [3.05, 3.63) is 63.9 Å². The number of fused-ring (bicyclic) bond motifs is 1. The van der Waals surface area contributed by atoms with Crippen LogP contribution in [0.25, 0.3) is 0 Å². The second-order valence-corrected chi connectivity index (χ2v) is 9.84. The van der Waals surface area contributed by atoms with E-state index in [1.807, 2.05) is 6.92 Å². The first-order valence-electron chi connectivity index (χ1n) is 9.68. The molecule has 0 saturated carbocycles. The van der Waals surface area contributed by atoms with Crippen molar-refractivity contribution in [1.29, 1.82) is 0 Å². The van der Waals surface area contributed by atoms with E-state index in [1.165, 1.54) is 28.6 Å². The van der Waals surface area contributed by atoms with Gasteiger partial charge in [0.25, 0.3) is 5.91 Å². The highest BCUT2D eigenvalue weighted by Crippen LogP contribution is 2.33. The molecule has 29 heavy (non-hydrogen) atoms. The van der Waals surface area contributed by atoms with Gasteiger partial charge in [-0.05, 0) is 67.6 Å². The lowest BCUT2D eigenvalue weighted by molar-refractivity contribution is 0.0677. The summed E-state index contributed by atoms with van der Waals surface area (Å²) in [6, 6.07) is 8.71. The summed E-state index contributed by atoms with van der Waals surface area (Å²) >= 11 is 6.19. The third kappa shape index (κ3) is 3.67. The molecule has 0 bridgehead atoms. The van der Waals surface area contributed by atoms with Crippen LogP contribution in [0.5, 0.6) is 0 Å². The van der Waals surface area contributed by atoms with Gasteiger partial charge in [-0.2, -0.15) is 4.31 Å². The first-order chi connectivity index (χ1) is 13.8. The fourth-order valence-electron chi connectivity index (χ4n) is 4.13. The van der Waals surface area contributed by atoms with Crippen LogP contribution in [0.15, 0.2) is 41.3 Å². The molecule has 2 heterocycles. The van der Waals surface area contributed by atoms with Crippen LogP contribution < -0.4 is 0 Å². The highest BCUT2D eigenvalue weighted by molar-refractivity contribution is 7.89. The normalized spacial score (nSPS) is 20.0. The molecule has 1 unspecified atom stereocenters. The fourth-order valence-corrected chi connectivity index (χ4v) is 6.15. The maximum Gasteiger partial charge on any atom is 0.254 e. The van der Waals surface area contributed by atoms with E-state index in [-0.39, 0.29) is 33.2 Å². The molecule has 0 aromatic heterocycles. The van der Waals surface area contributed by atoms with E-state index in [0.717, 1.165) is 24.0 Å². The van der Waals surface area contributed by atoms with Crippen molar-refractivity contribution in [1.82, 2.24) is 9.21 Å². The van der Waals surface area contributed by atoms with Crippen LogP contribution in [-0.4, -0.2) is 43.2 Å².